The molecule has 0 bridgehead atoms. The predicted octanol–water partition coefficient (Wildman–Crippen LogP) is 4.67. The molecule has 1 aliphatic heterocycles. The van der Waals surface area contributed by atoms with Gasteiger partial charge in [-0.1, -0.05) is 29.0 Å². The second kappa shape index (κ2) is 7.70. The molecule has 2 aromatic carbocycles. The van der Waals surface area contributed by atoms with Crippen LogP contribution in [0, 0.1) is 13.8 Å². The van der Waals surface area contributed by atoms with E-state index in [-0.39, 0.29) is 6.03 Å². The number of aromatic nitrogens is 3. The highest BCUT2D eigenvalue weighted by atomic mass is 32.1. The molecule has 0 aliphatic carbocycles. The fourth-order valence-electron chi connectivity index (χ4n) is 3.87. The zero-order valence-electron chi connectivity index (χ0n) is 17.7. The van der Waals surface area contributed by atoms with Gasteiger partial charge in [0.1, 0.15) is 5.75 Å². The van der Waals surface area contributed by atoms with Gasteiger partial charge in [-0.25, -0.2) is 9.31 Å². The molecule has 0 unspecified atom stereocenters. The van der Waals surface area contributed by atoms with Crippen LogP contribution in [0.4, 0.5) is 10.5 Å². The number of aryl methyl sites for hydroxylation is 2. The van der Waals surface area contributed by atoms with Crippen LogP contribution in [0.1, 0.15) is 21.7 Å². The lowest BCUT2D eigenvalue weighted by molar-refractivity contribution is 0.206. The Kier molecular flexibility index (Phi) is 4.86. The summed E-state index contributed by atoms with van der Waals surface area (Å²) in [7, 11) is 1.65. The highest BCUT2D eigenvalue weighted by Gasteiger charge is 2.26. The number of ether oxygens (including phenoxy) is 1. The maximum absolute atomic E-state index is 12.8. The van der Waals surface area contributed by atoms with E-state index >= 15 is 0 Å². The average Bonchev–Trinajstić information content (AvgIpc) is 3.33. The van der Waals surface area contributed by atoms with E-state index < -0.39 is 0 Å². The lowest BCUT2D eigenvalue weighted by Gasteiger charge is -2.27. The van der Waals surface area contributed by atoms with E-state index in [1.807, 2.05) is 59.7 Å². The van der Waals surface area contributed by atoms with Gasteiger partial charge in [-0.2, -0.15) is 4.98 Å². The van der Waals surface area contributed by atoms with Crippen molar-refractivity contribution in [2.24, 2.45) is 0 Å². The van der Waals surface area contributed by atoms with Gasteiger partial charge >= 0.3 is 6.03 Å². The van der Waals surface area contributed by atoms with Gasteiger partial charge in [0.15, 0.2) is 5.82 Å². The number of rotatable bonds is 3. The van der Waals surface area contributed by atoms with Gasteiger partial charge < -0.3 is 15.0 Å². The van der Waals surface area contributed by atoms with Crippen molar-refractivity contribution in [3.8, 4) is 17.1 Å². The summed E-state index contributed by atoms with van der Waals surface area (Å²) in [6, 6.07) is 13.7. The summed E-state index contributed by atoms with van der Waals surface area (Å²) in [6.07, 6.45) is 0.751. The van der Waals surface area contributed by atoms with Crippen LogP contribution >= 0.6 is 11.3 Å². The van der Waals surface area contributed by atoms with Crippen molar-refractivity contribution in [3.63, 3.8) is 0 Å². The number of nitrogens with one attached hydrogen (secondary N) is 1. The second-order valence-electron chi connectivity index (χ2n) is 7.75. The topological polar surface area (TPSA) is 71.8 Å². The molecule has 7 nitrogen and oxygen atoms in total. The van der Waals surface area contributed by atoms with Gasteiger partial charge in [0.05, 0.1) is 19.3 Å². The molecule has 3 heterocycles. The number of carbonyl (C=O) groups is 1. The third kappa shape index (κ3) is 3.63. The minimum atomic E-state index is -0.0736. The molecular weight excluding hydrogens is 410 g/mol. The first-order valence-electron chi connectivity index (χ1n) is 10.2. The van der Waals surface area contributed by atoms with Crippen LogP contribution in [0.15, 0.2) is 42.5 Å². The minimum absolute atomic E-state index is 0.0736. The van der Waals surface area contributed by atoms with E-state index in [2.05, 4.69) is 11.4 Å². The Morgan fingerprint density at radius 1 is 1.16 bits per heavy atom. The Labute approximate surface area is 184 Å². The number of hydrogen-bond acceptors (Lipinski definition) is 5. The Hall–Kier alpha value is -3.39. The van der Waals surface area contributed by atoms with Gasteiger partial charge in [-0.3, -0.25) is 0 Å². The molecule has 0 saturated heterocycles. The van der Waals surface area contributed by atoms with E-state index in [4.69, 9.17) is 14.8 Å². The van der Waals surface area contributed by atoms with Crippen molar-refractivity contribution < 1.29 is 9.53 Å². The molecule has 0 spiro atoms. The summed E-state index contributed by atoms with van der Waals surface area (Å²) in [5.41, 5.74) is 5.20. The Balaban J connectivity index is 1.34. The van der Waals surface area contributed by atoms with Crippen molar-refractivity contribution in [1.82, 2.24) is 19.5 Å². The molecule has 8 heteroatoms. The van der Waals surface area contributed by atoms with Gasteiger partial charge in [0, 0.05) is 29.1 Å². The number of fused-ring (bicyclic) bond motifs is 3. The molecule has 0 radical (unpaired) electrons. The summed E-state index contributed by atoms with van der Waals surface area (Å²) in [5, 5.41) is 7.77. The van der Waals surface area contributed by atoms with Crippen LogP contribution in [0.3, 0.4) is 0 Å². The number of nitrogens with zero attached hydrogens (tertiary/aromatic N) is 4. The smallest absolute Gasteiger partial charge is 0.322 e. The summed E-state index contributed by atoms with van der Waals surface area (Å²) in [4.78, 5) is 21.4. The first kappa shape index (κ1) is 19.6. The Morgan fingerprint density at radius 3 is 2.71 bits per heavy atom. The van der Waals surface area contributed by atoms with Crippen LogP contribution < -0.4 is 10.1 Å². The van der Waals surface area contributed by atoms with Gasteiger partial charge in [-0.15, -0.1) is 5.10 Å². The van der Waals surface area contributed by atoms with Crippen molar-refractivity contribution in [3.05, 3.63) is 64.2 Å². The monoisotopic (exact) mass is 433 g/mol. The molecule has 0 saturated carbocycles. The number of methoxy groups -OCH3 is 1. The predicted molar refractivity (Wildman–Crippen MR) is 122 cm³/mol. The number of anilines is 1. The quantitative estimate of drug-likeness (QED) is 0.510. The van der Waals surface area contributed by atoms with E-state index in [1.54, 1.807) is 18.4 Å². The number of carbonyl (C=O) groups excluding carboxylic acids is 1. The summed E-state index contributed by atoms with van der Waals surface area (Å²) >= 11 is 1.60. The van der Waals surface area contributed by atoms with Crippen molar-refractivity contribution in [2.75, 3.05) is 19.0 Å². The van der Waals surface area contributed by atoms with Crippen LogP contribution in [-0.4, -0.2) is 39.2 Å². The number of benzene rings is 2. The molecule has 158 valence electrons. The summed E-state index contributed by atoms with van der Waals surface area (Å²) in [5.74, 6) is 1.51. The van der Waals surface area contributed by atoms with Gasteiger partial charge in [0.2, 0.25) is 4.96 Å². The van der Waals surface area contributed by atoms with Crippen LogP contribution in [0.2, 0.25) is 0 Å². The molecule has 0 fully saturated rings. The largest absolute Gasteiger partial charge is 0.497 e. The SMILES string of the molecule is COc1ccc(-c2nc3sc4c(n3n2)CCN(C(=O)Nc2ccc(C)cc2C)C4)cc1. The normalized spacial score (nSPS) is 13.3. The first-order valence-corrected chi connectivity index (χ1v) is 11.0. The summed E-state index contributed by atoms with van der Waals surface area (Å²) < 4.78 is 7.15. The number of hydrogen-bond donors (Lipinski definition) is 1. The molecular formula is C23H23N5O2S. The highest BCUT2D eigenvalue weighted by Crippen LogP contribution is 2.30. The van der Waals surface area contributed by atoms with E-state index in [0.717, 1.165) is 44.5 Å². The molecule has 5 rings (SSSR count). The molecule has 1 N–H and O–H groups in total. The maximum atomic E-state index is 12.8. The van der Waals surface area contributed by atoms with Crippen LogP contribution in [-0.2, 0) is 13.0 Å². The molecule has 4 aromatic rings. The highest BCUT2D eigenvalue weighted by molar-refractivity contribution is 7.17. The molecule has 2 aromatic heterocycles. The maximum Gasteiger partial charge on any atom is 0.322 e. The number of urea groups is 1. The van der Waals surface area contributed by atoms with E-state index in [9.17, 15) is 4.79 Å². The van der Waals surface area contributed by atoms with E-state index in [0.29, 0.717) is 18.9 Å². The lowest BCUT2D eigenvalue weighted by atomic mass is 10.1. The second-order valence-corrected chi connectivity index (χ2v) is 8.81. The lowest BCUT2D eigenvalue weighted by Crippen LogP contribution is -2.38. The zero-order chi connectivity index (χ0) is 21.5. The fraction of sp³-hybridized carbons (Fsp3) is 0.261. The number of amides is 2. The van der Waals surface area contributed by atoms with Crippen LogP contribution in [0.5, 0.6) is 5.75 Å². The van der Waals surface area contributed by atoms with Gasteiger partial charge in [0.25, 0.3) is 0 Å². The van der Waals surface area contributed by atoms with E-state index in [1.165, 1.54) is 5.56 Å². The Bertz CT molecular complexity index is 1280. The van der Waals surface area contributed by atoms with Gasteiger partial charge in [-0.05, 0) is 49.7 Å². The third-order valence-corrected chi connectivity index (χ3v) is 6.64. The Morgan fingerprint density at radius 2 is 1.97 bits per heavy atom. The first-order chi connectivity index (χ1) is 15.0. The average molecular weight is 434 g/mol. The van der Waals surface area contributed by atoms with Crippen molar-refractivity contribution >= 4 is 28.0 Å². The standard InChI is InChI=1S/C23H23N5O2S/c1-14-4-9-18(15(2)12-14)24-22(29)27-11-10-19-20(13-27)31-23-25-21(26-28(19)23)16-5-7-17(30-3)8-6-16/h4-9,12H,10-11,13H2,1-3H3,(H,24,29). The molecule has 2 amide bonds. The summed E-state index contributed by atoms with van der Waals surface area (Å²) in [6.45, 7) is 5.27. The minimum Gasteiger partial charge on any atom is -0.497 e. The third-order valence-electron chi connectivity index (χ3n) is 5.58. The zero-order valence-corrected chi connectivity index (χ0v) is 18.5. The van der Waals surface area contributed by atoms with Crippen molar-refractivity contribution in [2.45, 2.75) is 26.8 Å². The molecule has 1 aliphatic rings. The van der Waals surface area contributed by atoms with Crippen molar-refractivity contribution in [1.29, 1.82) is 0 Å². The molecule has 0 atom stereocenters. The number of thiazole rings is 1. The fourth-order valence-corrected chi connectivity index (χ4v) is 4.99. The van der Waals surface area contributed by atoms with Crippen LogP contribution in [0.25, 0.3) is 16.3 Å². The molecule has 31 heavy (non-hydrogen) atoms.